The first kappa shape index (κ1) is 12.4. The molecule has 0 atom stereocenters. The molecule has 19 heavy (non-hydrogen) atoms. The first-order valence-electron chi connectivity index (χ1n) is 6.14. The number of rotatable bonds is 2. The van der Waals surface area contributed by atoms with Gasteiger partial charge in [0.05, 0.1) is 10.3 Å². The van der Waals surface area contributed by atoms with Gasteiger partial charge in [0.25, 0.3) is 0 Å². The summed E-state index contributed by atoms with van der Waals surface area (Å²) in [5.74, 6) is 0. The molecule has 1 aliphatic rings. The summed E-state index contributed by atoms with van der Waals surface area (Å²) in [6, 6.07) is 5.13. The van der Waals surface area contributed by atoms with Crippen molar-refractivity contribution in [1.29, 1.82) is 0 Å². The van der Waals surface area contributed by atoms with Crippen molar-refractivity contribution in [1.82, 2.24) is 4.31 Å². The van der Waals surface area contributed by atoms with Gasteiger partial charge in [0, 0.05) is 28.8 Å². The number of sulfonamides is 1. The van der Waals surface area contributed by atoms with E-state index in [-0.39, 0.29) is 0 Å². The smallest absolute Gasteiger partial charge is 0.243 e. The Balaban J connectivity index is 2.30. The van der Waals surface area contributed by atoms with Crippen molar-refractivity contribution in [2.75, 3.05) is 13.1 Å². The molecule has 1 aromatic heterocycles. The molecule has 1 N–H and O–H groups in total. The molecule has 1 aliphatic heterocycles. The van der Waals surface area contributed by atoms with Crippen LogP contribution in [0, 0.1) is 6.92 Å². The van der Waals surface area contributed by atoms with Crippen LogP contribution in [0.25, 0.3) is 10.8 Å². The minimum absolute atomic E-state index is 0.322. The van der Waals surface area contributed by atoms with Crippen LogP contribution in [0.5, 0.6) is 0 Å². The lowest BCUT2D eigenvalue weighted by Crippen LogP contribution is -2.42. The summed E-state index contributed by atoms with van der Waals surface area (Å²) in [6.45, 7) is 2.97. The lowest BCUT2D eigenvalue weighted by Gasteiger charge is -2.30. The quantitative estimate of drug-likeness (QED) is 0.660. The Morgan fingerprint density at radius 3 is 2.63 bits per heavy atom. The van der Waals surface area contributed by atoms with E-state index < -0.39 is 10.0 Å². The Morgan fingerprint density at radius 2 is 2.00 bits per heavy atom. The van der Waals surface area contributed by atoms with Crippen molar-refractivity contribution in [2.24, 2.45) is 0 Å². The van der Waals surface area contributed by atoms with Gasteiger partial charge in [-0.1, -0.05) is 6.07 Å². The highest BCUT2D eigenvalue weighted by molar-refractivity contribution is 7.89. The number of fused-ring (bicyclic) bond motifs is 1. The Morgan fingerprint density at radius 1 is 1.26 bits per heavy atom. The van der Waals surface area contributed by atoms with E-state index in [0.717, 1.165) is 16.7 Å². The van der Waals surface area contributed by atoms with Crippen LogP contribution < -0.4 is 4.73 Å². The van der Waals surface area contributed by atoms with Gasteiger partial charge in [-0.05, 0) is 25.5 Å². The molecule has 0 aliphatic carbocycles. The number of pyridine rings is 1. The highest BCUT2D eigenvalue weighted by atomic mass is 32.2. The van der Waals surface area contributed by atoms with Crippen molar-refractivity contribution in [3.8, 4) is 0 Å². The van der Waals surface area contributed by atoms with Crippen molar-refractivity contribution in [3.63, 3.8) is 0 Å². The van der Waals surface area contributed by atoms with E-state index in [1.807, 2.05) is 0 Å². The topological polar surface area (TPSA) is 61.5 Å². The fraction of sp³-hybridized carbons (Fsp3) is 0.308. The first-order chi connectivity index (χ1) is 9.00. The summed E-state index contributed by atoms with van der Waals surface area (Å²) in [4.78, 5) is 0.322. The maximum absolute atomic E-state index is 12.5. The Hall–Kier alpha value is -1.66. The molecule has 2 heterocycles. The molecule has 0 spiro atoms. The van der Waals surface area contributed by atoms with Crippen molar-refractivity contribution in [2.45, 2.75) is 18.2 Å². The number of hydrogen-bond acceptors (Lipinski definition) is 3. The third-order valence-corrected chi connectivity index (χ3v) is 5.42. The average Bonchev–Trinajstić information content (AvgIpc) is 2.24. The van der Waals surface area contributed by atoms with E-state index in [1.165, 1.54) is 16.7 Å². The summed E-state index contributed by atoms with van der Waals surface area (Å²) in [6.07, 6.45) is 3.94. The zero-order valence-corrected chi connectivity index (χ0v) is 11.4. The molecule has 3 rings (SSSR count). The maximum atomic E-state index is 12.5. The van der Waals surface area contributed by atoms with Crippen LogP contribution in [0.15, 0.2) is 35.5 Å². The van der Waals surface area contributed by atoms with E-state index in [9.17, 15) is 13.6 Å². The molecule has 2 aromatic rings. The molecule has 0 radical (unpaired) electrons. The van der Waals surface area contributed by atoms with Gasteiger partial charge in [-0.15, -0.1) is 0 Å². The molecule has 1 aromatic carbocycles. The van der Waals surface area contributed by atoms with Gasteiger partial charge < -0.3 is 0 Å². The zero-order chi connectivity index (χ0) is 13.6. The van der Waals surface area contributed by atoms with E-state index in [0.29, 0.717) is 28.8 Å². The van der Waals surface area contributed by atoms with E-state index >= 15 is 0 Å². The second-order valence-corrected chi connectivity index (χ2v) is 6.71. The summed E-state index contributed by atoms with van der Waals surface area (Å²) >= 11 is 0. The molecule has 1 saturated heterocycles. The molecule has 6 heteroatoms. The number of aromatic nitrogens is 1. The fourth-order valence-electron chi connectivity index (χ4n) is 2.40. The van der Waals surface area contributed by atoms with Crippen molar-refractivity contribution < 1.29 is 18.4 Å². The minimum Gasteiger partial charge on any atom is -0.285 e. The predicted octanol–water partition coefficient (Wildman–Crippen LogP) is 1.07. The normalized spacial score (nSPS) is 16.5. The fourth-order valence-corrected chi connectivity index (χ4v) is 4.21. The molecule has 0 bridgehead atoms. The summed E-state index contributed by atoms with van der Waals surface area (Å²) in [5, 5.41) is 10.9. The molecule has 0 unspecified atom stereocenters. The van der Waals surface area contributed by atoms with E-state index in [2.05, 4.69) is 0 Å². The highest BCUT2D eigenvalue weighted by Gasteiger charge is 2.31. The van der Waals surface area contributed by atoms with Gasteiger partial charge in [0.1, 0.15) is 0 Å². The molecule has 1 fully saturated rings. The molecule has 0 saturated carbocycles. The minimum atomic E-state index is -3.42. The Labute approximate surface area is 111 Å². The zero-order valence-electron chi connectivity index (χ0n) is 10.6. The van der Waals surface area contributed by atoms with Crippen LogP contribution in [-0.4, -0.2) is 31.0 Å². The molecule has 100 valence electrons. The van der Waals surface area contributed by atoms with Gasteiger partial charge in [-0.25, -0.2) is 8.42 Å². The van der Waals surface area contributed by atoms with Crippen LogP contribution >= 0.6 is 0 Å². The van der Waals surface area contributed by atoms with Crippen LogP contribution in [-0.2, 0) is 10.0 Å². The molecule has 0 amide bonds. The molecular weight excluding hydrogens is 264 g/mol. The summed E-state index contributed by atoms with van der Waals surface area (Å²) in [7, 11) is -3.42. The van der Waals surface area contributed by atoms with Gasteiger partial charge in [-0.3, -0.25) is 5.21 Å². The van der Waals surface area contributed by atoms with Gasteiger partial charge in [-0.2, -0.15) is 4.31 Å². The lowest BCUT2D eigenvalue weighted by atomic mass is 10.1. The monoisotopic (exact) mass is 279 g/mol. The number of aryl methyl sites for hydroxylation is 1. The third kappa shape index (κ3) is 1.87. The van der Waals surface area contributed by atoms with Gasteiger partial charge in [0.2, 0.25) is 22.4 Å². The lowest BCUT2D eigenvalue weighted by molar-refractivity contribution is -0.904. The Bertz CT molecular complexity index is 752. The second kappa shape index (κ2) is 4.18. The van der Waals surface area contributed by atoms with E-state index in [4.69, 9.17) is 0 Å². The SMILES string of the molecule is Cc1c[n+](O)cc2cccc(S(=O)(=O)N3CCC3)c12. The van der Waals surface area contributed by atoms with E-state index in [1.54, 1.807) is 25.1 Å². The van der Waals surface area contributed by atoms with Gasteiger partial charge in [0.15, 0.2) is 0 Å². The summed E-state index contributed by atoms with van der Waals surface area (Å²) < 4.78 is 27.5. The number of benzene rings is 1. The van der Waals surface area contributed by atoms with Crippen LogP contribution in [0.2, 0.25) is 0 Å². The van der Waals surface area contributed by atoms with Gasteiger partial charge >= 0.3 is 0 Å². The van der Waals surface area contributed by atoms with Crippen LogP contribution in [0.4, 0.5) is 0 Å². The van der Waals surface area contributed by atoms with Crippen molar-refractivity contribution >= 4 is 20.8 Å². The Kier molecular flexibility index (Phi) is 2.72. The molecular formula is C13H15N2O3S+. The number of hydrogen-bond donors (Lipinski definition) is 1. The largest absolute Gasteiger partial charge is 0.285 e. The second-order valence-electron chi connectivity index (χ2n) is 4.80. The standard InChI is InChI=1S/C13H15N2O3S/c1-10-8-14(16)9-11-4-2-5-12(13(10)11)19(17,18)15-6-3-7-15/h2,4-5,8-9,16H,3,6-7H2,1H3/q+1. The predicted molar refractivity (Wildman–Crippen MR) is 69.4 cm³/mol. The number of nitrogens with zero attached hydrogens (tertiary/aromatic N) is 2. The van der Waals surface area contributed by atoms with Crippen LogP contribution in [0.1, 0.15) is 12.0 Å². The summed E-state index contributed by atoms with van der Waals surface area (Å²) in [5.41, 5.74) is 0.736. The first-order valence-corrected chi connectivity index (χ1v) is 7.58. The highest BCUT2D eigenvalue weighted by Crippen LogP contribution is 2.29. The van der Waals surface area contributed by atoms with Crippen molar-refractivity contribution in [3.05, 3.63) is 36.2 Å². The third-order valence-electron chi connectivity index (χ3n) is 3.48. The molecule has 5 nitrogen and oxygen atoms in total. The maximum Gasteiger partial charge on any atom is 0.243 e. The van der Waals surface area contributed by atoms with Crippen LogP contribution in [0.3, 0.4) is 0 Å². The average molecular weight is 279 g/mol.